The van der Waals surface area contributed by atoms with Crippen molar-refractivity contribution >= 4 is 16.2 Å². The topological polar surface area (TPSA) is 60.4 Å². The van der Waals surface area contributed by atoms with E-state index in [9.17, 15) is 17.1 Å². The predicted octanol–water partition coefficient (Wildman–Crippen LogP) is 0.239. The van der Waals surface area contributed by atoms with Gasteiger partial charge in [0.25, 0.3) is 0 Å². The molecule has 0 aliphatic carbocycles. The Hall–Kier alpha value is -0.650. The average molecular weight is 184 g/mol. The van der Waals surface area contributed by atoms with Gasteiger partial charge in [-0.05, 0) is 6.42 Å². The lowest BCUT2D eigenvalue weighted by atomic mass is 10.5. The molecule has 6 heteroatoms. The van der Waals surface area contributed by atoms with Crippen molar-refractivity contribution in [2.75, 3.05) is 12.4 Å². The van der Waals surface area contributed by atoms with E-state index < -0.39 is 21.9 Å². The first-order chi connectivity index (χ1) is 4.92. The third-order valence-corrected chi connectivity index (χ3v) is 1.61. The Kier molecular flexibility index (Phi) is 4.02. The Morgan fingerprint density at radius 2 is 2.09 bits per heavy atom. The van der Waals surface area contributed by atoms with Crippen LogP contribution in [0.15, 0.2) is 0 Å². The molecule has 4 nitrogen and oxygen atoms in total. The second-order valence-electron chi connectivity index (χ2n) is 1.94. The van der Waals surface area contributed by atoms with Gasteiger partial charge in [-0.15, -0.1) is 3.89 Å². The van der Waals surface area contributed by atoms with Crippen LogP contribution in [0.1, 0.15) is 13.3 Å². The molecular formula is C5H9FO4S. The normalized spacial score (nSPS) is 11.1. The molecule has 0 bridgehead atoms. The van der Waals surface area contributed by atoms with E-state index in [0.29, 0.717) is 0 Å². The molecule has 0 aromatic rings. The fourth-order valence-electron chi connectivity index (χ4n) is 0.447. The van der Waals surface area contributed by atoms with Crippen LogP contribution in [0.3, 0.4) is 0 Å². The molecule has 0 N–H and O–H groups in total. The van der Waals surface area contributed by atoms with E-state index in [2.05, 4.69) is 4.74 Å². The van der Waals surface area contributed by atoms with Gasteiger partial charge < -0.3 is 4.74 Å². The van der Waals surface area contributed by atoms with E-state index in [1.54, 1.807) is 0 Å². The maximum absolute atomic E-state index is 11.7. The lowest BCUT2D eigenvalue weighted by Crippen LogP contribution is -2.06. The molecule has 0 amide bonds. The highest BCUT2D eigenvalue weighted by Gasteiger charge is 2.06. The molecule has 0 spiro atoms. The zero-order valence-corrected chi connectivity index (χ0v) is 6.86. The van der Waals surface area contributed by atoms with Gasteiger partial charge in [-0.3, -0.25) is 4.79 Å². The van der Waals surface area contributed by atoms with Gasteiger partial charge in [-0.25, -0.2) is 0 Å². The minimum absolute atomic E-state index is 0.00157. The molecule has 0 aliphatic heterocycles. The summed E-state index contributed by atoms with van der Waals surface area (Å²) in [6.45, 7) is 1.14. The SMILES string of the molecule is CC(=O)OCCCS(=O)(=O)F. The van der Waals surface area contributed by atoms with Crippen LogP contribution in [-0.4, -0.2) is 26.7 Å². The molecule has 11 heavy (non-hydrogen) atoms. The zero-order chi connectivity index (χ0) is 8.91. The number of ether oxygens (including phenoxy) is 1. The first-order valence-corrected chi connectivity index (χ1v) is 4.53. The summed E-state index contributed by atoms with van der Waals surface area (Å²) in [6, 6.07) is 0. The Morgan fingerprint density at radius 1 is 1.55 bits per heavy atom. The Morgan fingerprint density at radius 3 is 2.45 bits per heavy atom. The molecule has 0 unspecified atom stereocenters. The lowest BCUT2D eigenvalue weighted by molar-refractivity contribution is -0.140. The van der Waals surface area contributed by atoms with Crippen LogP contribution >= 0.6 is 0 Å². The molecule has 0 fully saturated rings. The van der Waals surface area contributed by atoms with E-state index >= 15 is 0 Å². The number of carbonyl (C=O) groups is 1. The molecule has 0 aromatic heterocycles. The predicted molar refractivity (Wildman–Crippen MR) is 36.1 cm³/mol. The van der Waals surface area contributed by atoms with Crippen LogP contribution in [-0.2, 0) is 19.8 Å². The van der Waals surface area contributed by atoms with Crippen LogP contribution in [0, 0.1) is 0 Å². The Labute approximate surface area is 64.6 Å². The van der Waals surface area contributed by atoms with Gasteiger partial charge in [0.2, 0.25) is 0 Å². The van der Waals surface area contributed by atoms with Crippen LogP contribution in [0.25, 0.3) is 0 Å². The van der Waals surface area contributed by atoms with Crippen molar-refractivity contribution in [3.63, 3.8) is 0 Å². The third kappa shape index (κ3) is 9.35. The first-order valence-electron chi connectivity index (χ1n) is 2.97. The van der Waals surface area contributed by atoms with Gasteiger partial charge in [-0.1, -0.05) is 0 Å². The smallest absolute Gasteiger partial charge is 0.302 e. The van der Waals surface area contributed by atoms with E-state index in [1.807, 2.05) is 0 Å². The molecular weight excluding hydrogens is 175 g/mol. The van der Waals surface area contributed by atoms with Gasteiger partial charge in [-0.2, -0.15) is 8.42 Å². The second-order valence-corrected chi connectivity index (χ2v) is 3.42. The molecule has 66 valence electrons. The highest BCUT2D eigenvalue weighted by molar-refractivity contribution is 7.86. The molecule has 0 aliphatic rings. The Bertz CT molecular complexity index is 221. The van der Waals surface area contributed by atoms with Crippen molar-refractivity contribution < 1.29 is 21.8 Å². The molecule has 0 rings (SSSR count). The van der Waals surface area contributed by atoms with Crippen LogP contribution in [0.2, 0.25) is 0 Å². The summed E-state index contributed by atoms with van der Waals surface area (Å²) in [7, 11) is -4.41. The average Bonchev–Trinajstić information content (AvgIpc) is 1.78. The van der Waals surface area contributed by atoms with Crippen molar-refractivity contribution in [3.8, 4) is 0 Å². The highest BCUT2D eigenvalue weighted by atomic mass is 32.3. The van der Waals surface area contributed by atoms with E-state index in [-0.39, 0.29) is 13.0 Å². The van der Waals surface area contributed by atoms with Gasteiger partial charge in [0.1, 0.15) is 0 Å². The molecule has 0 heterocycles. The summed E-state index contributed by atoms with van der Waals surface area (Å²) in [4.78, 5) is 10.1. The zero-order valence-electron chi connectivity index (χ0n) is 6.04. The number of rotatable bonds is 4. The largest absolute Gasteiger partial charge is 0.466 e. The summed E-state index contributed by atoms with van der Waals surface area (Å²) in [5, 5.41) is 0. The van der Waals surface area contributed by atoms with Gasteiger partial charge >= 0.3 is 16.2 Å². The lowest BCUT2D eigenvalue weighted by Gasteiger charge is -1.97. The minimum Gasteiger partial charge on any atom is -0.466 e. The third-order valence-electron chi connectivity index (χ3n) is 0.838. The van der Waals surface area contributed by atoms with Crippen molar-refractivity contribution in [1.29, 1.82) is 0 Å². The Balaban J connectivity index is 3.37. The number of hydrogen-bond donors (Lipinski definition) is 0. The highest BCUT2D eigenvalue weighted by Crippen LogP contribution is 1.94. The first kappa shape index (κ1) is 10.3. The maximum Gasteiger partial charge on any atom is 0.302 e. The monoisotopic (exact) mass is 184 g/mol. The maximum atomic E-state index is 11.7. The van der Waals surface area contributed by atoms with Gasteiger partial charge in [0.15, 0.2) is 0 Å². The number of carbonyl (C=O) groups excluding carboxylic acids is 1. The number of hydrogen-bond acceptors (Lipinski definition) is 4. The van der Waals surface area contributed by atoms with E-state index in [4.69, 9.17) is 0 Å². The van der Waals surface area contributed by atoms with Crippen molar-refractivity contribution in [2.45, 2.75) is 13.3 Å². The fraction of sp³-hybridized carbons (Fsp3) is 0.800. The summed E-state index contributed by atoms with van der Waals surface area (Å²) in [5.41, 5.74) is 0. The van der Waals surface area contributed by atoms with Crippen molar-refractivity contribution in [2.24, 2.45) is 0 Å². The van der Waals surface area contributed by atoms with E-state index in [0.717, 1.165) is 0 Å². The van der Waals surface area contributed by atoms with Gasteiger partial charge in [0.05, 0.1) is 12.4 Å². The van der Waals surface area contributed by atoms with Crippen LogP contribution in [0.5, 0.6) is 0 Å². The summed E-state index contributed by atoms with van der Waals surface area (Å²) in [5.74, 6) is -1.10. The molecule has 0 saturated carbocycles. The van der Waals surface area contributed by atoms with E-state index in [1.165, 1.54) is 6.92 Å². The second kappa shape index (κ2) is 4.27. The summed E-state index contributed by atoms with van der Waals surface area (Å²) < 4.78 is 35.8. The molecule has 0 radical (unpaired) electrons. The molecule has 0 aromatic carbocycles. The number of halogens is 1. The summed E-state index contributed by atoms with van der Waals surface area (Å²) >= 11 is 0. The number of esters is 1. The molecule has 0 atom stereocenters. The minimum atomic E-state index is -4.41. The van der Waals surface area contributed by atoms with Crippen LogP contribution < -0.4 is 0 Å². The van der Waals surface area contributed by atoms with Gasteiger partial charge in [0, 0.05) is 6.92 Å². The quantitative estimate of drug-likeness (QED) is 0.356. The molecule has 0 saturated heterocycles. The fourth-order valence-corrected chi connectivity index (χ4v) is 0.910. The van der Waals surface area contributed by atoms with Crippen molar-refractivity contribution in [1.82, 2.24) is 0 Å². The van der Waals surface area contributed by atoms with Crippen LogP contribution in [0.4, 0.5) is 3.89 Å². The summed E-state index contributed by atoms with van der Waals surface area (Å²) in [6.07, 6.45) is -0.00157. The van der Waals surface area contributed by atoms with Crippen molar-refractivity contribution in [3.05, 3.63) is 0 Å². The standard InChI is InChI=1S/C5H9FO4S/c1-5(7)10-3-2-4-11(6,8)9/h2-4H2,1H3.